The molecule has 1 saturated carbocycles. The van der Waals surface area contributed by atoms with Gasteiger partial charge in [-0.2, -0.15) is 0 Å². The van der Waals surface area contributed by atoms with Crippen LogP contribution in [0, 0.1) is 17.6 Å². The molecule has 120 valence electrons. The van der Waals surface area contributed by atoms with Crippen molar-refractivity contribution < 1.29 is 23.5 Å². The third-order valence-electron chi connectivity index (χ3n) is 3.80. The van der Waals surface area contributed by atoms with Crippen molar-refractivity contribution in [2.45, 2.75) is 18.9 Å². The number of carboxylic acids is 1. The Balaban J connectivity index is 1.56. The molecule has 0 spiro atoms. The molecule has 7 heteroatoms. The Hall–Kier alpha value is -2.28. The van der Waals surface area contributed by atoms with Gasteiger partial charge in [-0.3, -0.25) is 4.79 Å². The van der Waals surface area contributed by atoms with Gasteiger partial charge in [0.05, 0.1) is 6.54 Å². The number of carbonyl (C=O) groups excluding carboxylic acids is 1. The van der Waals surface area contributed by atoms with E-state index in [2.05, 4.69) is 5.32 Å². The molecule has 2 atom stereocenters. The number of rotatable bonds is 5. The fraction of sp³-hybridized carbons (Fsp3) is 0.250. The summed E-state index contributed by atoms with van der Waals surface area (Å²) in [6, 6.07) is 6.52. The number of benzene rings is 1. The first-order chi connectivity index (χ1) is 11.0. The number of carbonyl (C=O) groups is 2. The van der Waals surface area contributed by atoms with Crippen molar-refractivity contribution in [2.24, 2.45) is 5.92 Å². The van der Waals surface area contributed by atoms with Crippen molar-refractivity contribution in [2.75, 3.05) is 0 Å². The first kappa shape index (κ1) is 15.6. The lowest BCUT2D eigenvalue weighted by atomic mass is 10.1. The number of aromatic carboxylic acids is 1. The van der Waals surface area contributed by atoms with Crippen LogP contribution < -0.4 is 5.32 Å². The van der Waals surface area contributed by atoms with Gasteiger partial charge in [-0.25, -0.2) is 13.6 Å². The Bertz CT molecular complexity index is 774. The maximum atomic E-state index is 13.7. The molecule has 0 radical (unpaired) electrons. The Morgan fingerprint density at radius 3 is 2.70 bits per heavy atom. The molecule has 0 aliphatic heterocycles. The third kappa shape index (κ3) is 3.39. The minimum absolute atomic E-state index is 0.205. The zero-order valence-corrected chi connectivity index (χ0v) is 12.7. The third-order valence-corrected chi connectivity index (χ3v) is 4.87. The Morgan fingerprint density at radius 1 is 1.26 bits per heavy atom. The van der Waals surface area contributed by atoms with Crippen molar-refractivity contribution in [3.63, 3.8) is 0 Å². The van der Waals surface area contributed by atoms with Crippen LogP contribution in [0.1, 0.15) is 32.5 Å². The largest absolute Gasteiger partial charge is 0.477 e. The lowest BCUT2D eigenvalue weighted by Gasteiger charge is -2.04. The first-order valence-electron chi connectivity index (χ1n) is 7.00. The summed E-state index contributed by atoms with van der Waals surface area (Å²) < 4.78 is 26.6. The molecule has 2 aromatic rings. The van der Waals surface area contributed by atoms with E-state index in [1.165, 1.54) is 18.2 Å². The topological polar surface area (TPSA) is 66.4 Å². The molecular weight excluding hydrogens is 324 g/mol. The normalized spacial score (nSPS) is 19.4. The predicted molar refractivity (Wildman–Crippen MR) is 80.3 cm³/mol. The van der Waals surface area contributed by atoms with Crippen molar-refractivity contribution in [1.29, 1.82) is 0 Å². The molecule has 1 aromatic heterocycles. The number of amides is 1. The summed E-state index contributed by atoms with van der Waals surface area (Å²) in [4.78, 5) is 23.8. The monoisotopic (exact) mass is 337 g/mol. The molecule has 1 fully saturated rings. The van der Waals surface area contributed by atoms with E-state index >= 15 is 0 Å². The van der Waals surface area contributed by atoms with Gasteiger partial charge >= 0.3 is 5.97 Å². The second kappa shape index (κ2) is 6.08. The van der Waals surface area contributed by atoms with Crippen molar-refractivity contribution in [3.05, 3.63) is 57.3 Å². The average molecular weight is 337 g/mol. The van der Waals surface area contributed by atoms with Gasteiger partial charge in [-0.05, 0) is 36.1 Å². The van der Waals surface area contributed by atoms with Gasteiger partial charge in [0.15, 0.2) is 0 Å². The molecule has 3 rings (SSSR count). The first-order valence-corrected chi connectivity index (χ1v) is 7.82. The molecule has 23 heavy (non-hydrogen) atoms. The highest BCUT2D eigenvalue weighted by atomic mass is 32.1. The minimum Gasteiger partial charge on any atom is -0.477 e. The summed E-state index contributed by atoms with van der Waals surface area (Å²) in [5.74, 6) is -3.03. The van der Waals surface area contributed by atoms with E-state index in [0.29, 0.717) is 12.0 Å². The van der Waals surface area contributed by atoms with Crippen LogP contribution in [-0.4, -0.2) is 17.0 Å². The molecule has 2 unspecified atom stereocenters. The highest BCUT2D eigenvalue weighted by molar-refractivity contribution is 7.13. The van der Waals surface area contributed by atoms with Gasteiger partial charge in [0.25, 0.3) is 0 Å². The molecular formula is C16H13F2NO3S. The fourth-order valence-corrected chi connectivity index (χ4v) is 3.31. The molecule has 2 N–H and O–H groups in total. The zero-order valence-electron chi connectivity index (χ0n) is 11.9. The van der Waals surface area contributed by atoms with Crippen LogP contribution >= 0.6 is 11.3 Å². The number of hydrogen-bond acceptors (Lipinski definition) is 3. The summed E-state index contributed by atoms with van der Waals surface area (Å²) in [6.07, 6.45) is 0.527. The highest BCUT2D eigenvalue weighted by Crippen LogP contribution is 2.48. The number of carboxylic acid groups (broad SMARTS) is 1. The summed E-state index contributed by atoms with van der Waals surface area (Å²) in [5.41, 5.74) is 0.357. The smallest absolute Gasteiger partial charge is 0.345 e. The summed E-state index contributed by atoms with van der Waals surface area (Å²) >= 11 is 1.10. The van der Waals surface area contributed by atoms with Crippen LogP contribution in [0.3, 0.4) is 0 Å². The van der Waals surface area contributed by atoms with E-state index in [9.17, 15) is 18.4 Å². The van der Waals surface area contributed by atoms with Crippen LogP contribution in [0.4, 0.5) is 8.78 Å². The molecule has 1 aliphatic carbocycles. The molecule has 4 nitrogen and oxygen atoms in total. The molecule has 0 saturated heterocycles. The summed E-state index contributed by atoms with van der Waals surface area (Å²) in [7, 11) is 0. The van der Waals surface area contributed by atoms with Crippen LogP contribution in [0.25, 0.3) is 0 Å². The molecule has 1 heterocycles. The van der Waals surface area contributed by atoms with E-state index in [1.54, 1.807) is 6.07 Å². The van der Waals surface area contributed by atoms with E-state index in [0.717, 1.165) is 22.3 Å². The second-order valence-electron chi connectivity index (χ2n) is 5.40. The summed E-state index contributed by atoms with van der Waals surface area (Å²) in [5, 5.41) is 11.6. The molecule has 1 aliphatic rings. The second-order valence-corrected chi connectivity index (χ2v) is 6.57. The van der Waals surface area contributed by atoms with E-state index < -0.39 is 17.6 Å². The minimum atomic E-state index is -0.999. The lowest BCUT2D eigenvalue weighted by molar-refractivity contribution is -0.122. The molecule has 1 aromatic carbocycles. The number of halogens is 2. The lowest BCUT2D eigenvalue weighted by Crippen LogP contribution is -2.24. The van der Waals surface area contributed by atoms with Gasteiger partial charge in [-0.1, -0.05) is 6.07 Å². The zero-order chi connectivity index (χ0) is 16.6. The van der Waals surface area contributed by atoms with Gasteiger partial charge in [0.1, 0.15) is 16.5 Å². The van der Waals surface area contributed by atoms with Gasteiger partial charge in [-0.15, -0.1) is 11.3 Å². The van der Waals surface area contributed by atoms with Crippen molar-refractivity contribution in [3.8, 4) is 0 Å². The highest BCUT2D eigenvalue weighted by Gasteiger charge is 2.45. The van der Waals surface area contributed by atoms with E-state index in [1.807, 2.05) is 0 Å². The van der Waals surface area contributed by atoms with Gasteiger partial charge < -0.3 is 10.4 Å². The predicted octanol–water partition coefficient (Wildman–Crippen LogP) is 3.14. The Morgan fingerprint density at radius 2 is 2.04 bits per heavy atom. The number of hydrogen-bond donors (Lipinski definition) is 2. The van der Waals surface area contributed by atoms with Gasteiger partial charge in [0.2, 0.25) is 5.91 Å². The Kier molecular flexibility index (Phi) is 4.12. The van der Waals surface area contributed by atoms with E-state index in [4.69, 9.17) is 5.11 Å². The fourth-order valence-electron chi connectivity index (χ4n) is 2.52. The number of thiophene rings is 1. The van der Waals surface area contributed by atoms with Crippen molar-refractivity contribution >= 4 is 23.2 Å². The molecule has 1 amide bonds. The van der Waals surface area contributed by atoms with Gasteiger partial charge in [0, 0.05) is 16.9 Å². The van der Waals surface area contributed by atoms with Crippen LogP contribution in [0.15, 0.2) is 30.3 Å². The van der Waals surface area contributed by atoms with Crippen LogP contribution in [0.2, 0.25) is 0 Å². The average Bonchev–Trinajstić information content (AvgIpc) is 3.13. The molecule has 0 bridgehead atoms. The van der Waals surface area contributed by atoms with E-state index in [-0.39, 0.29) is 29.2 Å². The van der Waals surface area contributed by atoms with Crippen LogP contribution in [0.5, 0.6) is 0 Å². The Labute approximate surface area is 134 Å². The SMILES string of the molecule is O=C(O)c1ccc(CNC(=O)C2CC2c2ccc(F)cc2F)s1. The maximum absolute atomic E-state index is 13.7. The van der Waals surface area contributed by atoms with Crippen LogP contribution in [-0.2, 0) is 11.3 Å². The quantitative estimate of drug-likeness (QED) is 0.881. The summed E-state index contributed by atoms with van der Waals surface area (Å²) in [6.45, 7) is 0.242. The number of nitrogens with one attached hydrogen (secondary N) is 1. The van der Waals surface area contributed by atoms with Crippen molar-refractivity contribution in [1.82, 2.24) is 5.32 Å². The standard InChI is InChI=1S/C16H13F2NO3S/c17-8-1-3-10(13(18)5-8)11-6-12(11)15(20)19-7-9-2-4-14(23-9)16(21)22/h1-5,11-12H,6-7H2,(H,19,20)(H,21,22). The maximum Gasteiger partial charge on any atom is 0.345 e.